The Bertz CT molecular complexity index is 394. The average molecular weight is 294 g/mol. The van der Waals surface area contributed by atoms with Crippen molar-refractivity contribution in [1.82, 2.24) is 5.32 Å². The Morgan fingerprint density at radius 3 is 2.65 bits per heavy atom. The number of nitrogens with one attached hydrogen (secondary N) is 1. The molecular formula is C15H20BrN. The van der Waals surface area contributed by atoms with E-state index in [4.69, 9.17) is 0 Å². The molecule has 3 rings (SSSR count). The van der Waals surface area contributed by atoms with Gasteiger partial charge in [-0.25, -0.2) is 0 Å². The molecule has 0 heterocycles. The number of benzene rings is 1. The summed E-state index contributed by atoms with van der Waals surface area (Å²) in [6.07, 6.45) is 5.58. The molecule has 3 atom stereocenters. The molecule has 1 aromatic carbocycles. The van der Waals surface area contributed by atoms with Gasteiger partial charge in [0.15, 0.2) is 0 Å². The van der Waals surface area contributed by atoms with E-state index in [2.05, 4.69) is 52.6 Å². The van der Waals surface area contributed by atoms with E-state index < -0.39 is 0 Å². The van der Waals surface area contributed by atoms with Crippen LogP contribution in [0.2, 0.25) is 0 Å². The van der Waals surface area contributed by atoms with Gasteiger partial charge in [-0.15, -0.1) is 0 Å². The first-order chi connectivity index (χ1) is 8.31. The summed E-state index contributed by atoms with van der Waals surface area (Å²) in [5.41, 5.74) is 1.44. The molecule has 0 spiro atoms. The van der Waals surface area contributed by atoms with Crippen LogP contribution in [-0.4, -0.2) is 13.1 Å². The molecule has 17 heavy (non-hydrogen) atoms. The van der Waals surface area contributed by atoms with Crippen LogP contribution in [0, 0.1) is 17.8 Å². The summed E-state index contributed by atoms with van der Waals surface area (Å²) >= 11 is 3.66. The van der Waals surface area contributed by atoms with Gasteiger partial charge in [0, 0.05) is 10.5 Å². The van der Waals surface area contributed by atoms with E-state index in [0.717, 1.165) is 24.2 Å². The highest BCUT2D eigenvalue weighted by atomic mass is 79.9. The minimum Gasteiger partial charge on any atom is -0.316 e. The molecule has 1 aromatic rings. The highest BCUT2D eigenvalue weighted by Gasteiger charge is 2.55. The summed E-state index contributed by atoms with van der Waals surface area (Å²) in [5, 5.41) is 3.55. The molecule has 0 amide bonds. The topological polar surface area (TPSA) is 12.0 Å². The lowest BCUT2D eigenvalue weighted by Gasteiger charge is -2.19. The molecule has 2 aliphatic rings. The van der Waals surface area contributed by atoms with Crippen molar-refractivity contribution < 1.29 is 0 Å². The van der Waals surface area contributed by atoms with Crippen molar-refractivity contribution in [2.45, 2.75) is 31.7 Å². The van der Waals surface area contributed by atoms with E-state index in [-0.39, 0.29) is 0 Å². The normalized spacial score (nSPS) is 32.2. The van der Waals surface area contributed by atoms with Crippen molar-refractivity contribution in [3.8, 4) is 0 Å². The van der Waals surface area contributed by atoms with Crippen molar-refractivity contribution in [3.05, 3.63) is 34.3 Å². The number of fused-ring (bicyclic) bond motifs is 1. The predicted octanol–water partition coefficient (Wildman–Crippen LogP) is 3.63. The second kappa shape index (κ2) is 4.74. The molecule has 0 bridgehead atoms. The van der Waals surface area contributed by atoms with Gasteiger partial charge >= 0.3 is 0 Å². The molecule has 1 nitrogen and oxygen atoms in total. The lowest BCUT2D eigenvalue weighted by Crippen LogP contribution is -2.31. The maximum atomic E-state index is 3.66. The maximum Gasteiger partial charge on any atom is 0.0207 e. The van der Waals surface area contributed by atoms with Crippen molar-refractivity contribution in [3.63, 3.8) is 0 Å². The molecular weight excluding hydrogens is 274 g/mol. The molecule has 0 radical (unpaired) electrons. The molecule has 0 aliphatic heterocycles. The van der Waals surface area contributed by atoms with Crippen LogP contribution >= 0.6 is 15.9 Å². The van der Waals surface area contributed by atoms with Gasteiger partial charge in [-0.2, -0.15) is 0 Å². The van der Waals surface area contributed by atoms with Crippen molar-refractivity contribution in [1.29, 1.82) is 0 Å². The number of hydrogen-bond donors (Lipinski definition) is 1. The van der Waals surface area contributed by atoms with Gasteiger partial charge in [0.1, 0.15) is 0 Å². The molecule has 0 saturated heterocycles. The van der Waals surface area contributed by atoms with E-state index in [1.807, 2.05) is 0 Å². The van der Waals surface area contributed by atoms with Gasteiger partial charge in [-0.05, 0) is 55.7 Å². The Balaban J connectivity index is 1.69. The summed E-state index contributed by atoms with van der Waals surface area (Å²) in [5.74, 6) is 3.02. The van der Waals surface area contributed by atoms with Crippen LogP contribution in [0.4, 0.5) is 0 Å². The van der Waals surface area contributed by atoms with Crippen molar-refractivity contribution in [2.75, 3.05) is 7.05 Å². The largest absolute Gasteiger partial charge is 0.316 e. The Morgan fingerprint density at radius 1 is 1.29 bits per heavy atom. The Morgan fingerprint density at radius 2 is 2.00 bits per heavy atom. The van der Waals surface area contributed by atoms with Gasteiger partial charge in [0.05, 0.1) is 0 Å². The third-order valence-electron chi connectivity index (χ3n) is 4.71. The second-order valence-electron chi connectivity index (χ2n) is 5.53. The zero-order chi connectivity index (χ0) is 11.8. The minimum absolute atomic E-state index is 0.670. The first-order valence-electron chi connectivity index (χ1n) is 6.72. The van der Waals surface area contributed by atoms with Crippen LogP contribution < -0.4 is 5.32 Å². The summed E-state index contributed by atoms with van der Waals surface area (Å²) in [7, 11) is 2.12. The van der Waals surface area contributed by atoms with Crippen LogP contribution in [0.5, 0.6) is 0 Å². The third-order valence-corrected chi connectivity index (χ3v) is 5.48. The average Bonchev–Trinajstić information content (AvgIpc) is 2.82. The zero-order valence-corrected chi connectivity index (χ0v) is 11.9. The zero-order valence-electron chi connectivity index (χ0n) is 10.3. The highest BCUT2D eigenvalue weighted by Crippen LogP contribution is 2.59. The minimum atomic E-state index is 0.670. The highest BCUT2D eigenvalue weighted by molar-refractivity contribution is 9.10. The van der Waals surface area contributed by atoms with E-state index in [1.165, 1.54) is 29.3 Å². The van der Waals surface area contributed by atoms with Crippen LogP contribution in [-0.2, 0) is 6.42 Å². The predicted molar refractivity (Wildman–Crippen MR) is 75.0 cm³/mol. The van der Waals surface area contributed by atoms with Crippen LogP contribution in [0.1, 0.15) is 24.8 Å². The maximum absolute atomic E-state index is 3.66. The summed E-state index contributed by atoms with van der Waals surface area (Å²) in [4.78, 5) is 0. The molecule has 92 valence electrons. The third kappa shape index (κ3) is 2.17. The van der Waals surface area contributed by atoms with Gasteiger partial charge in [-0.1, -0.05) is 40.5 Å². The lowest BCUT2D eigenvalue weighted by atomic mass is 9.97. The van der Waals surface area contributed by atoms with Gasteiger partial charge in [-0.3, -0.25) is 0 Å². The first-order valence-corrected chi connectivity index (χ1v) is 7.51. The summed E-state index contributed by atoms with van der Waals surface area (Å²) in [6.45, 7) is 0. The molecule has 2 saturated carbocycles. The molecule has 2 aliphatic carbocycles. The van der Waals surface area contributed by atoms with Gasteiger partial charge in [0.25, 0.3) is 0 Å². The number of hydrogen-bond acceptors (Lipinski definition) is 1. The van der Waals surface area contributed by atoms with Crippen LogP contribution in [0.15, 0.2) is 28.7 Å². The Kier molecular flexibility index (Phi) is 3.27. The molecule has 1 N–H and O–H groups in total. The van der Waals surface area contributed by atoms with E-state index in [9.17, 15) is 0 Å². The standard InChI is InChI=1S/C15H20BrN/c1-17-14(15-11-6-4-7-12(11)15)9-10-5-2-3-8-13(10)16/h2-3,5,8,11-12,14-15,17H,4,6-7,9H2,1H3. The van der Waals surface area contributed by atoms with Crippen molar-refractivity contribution in [2.24, 2.45) is 17.8 Å². The lowest BCUT2D eigenvalue weighted by molar-refractivity contribution is 0.428. The van der Waals surface area contributed by atoms with Gasteiger partial charge < -0.3 is 5.32 Å². The molecule has 2 fully saturated rings. The smallest absolute Gasteiger partial charge is 0.0207 e. The number of rotatable bonds is 4. The van der Waals surface area contributed by atoms with Crippen molar-refractivity contribution >= 4 is 15.9 Å². The van der Waals surface area contributed by atoms with E-state index >= 15 is 0 Å². The van der Waals surface area contributed by atoms with E-state index in [0.29, 0.717) is 6.04 Å². The van der Waals surface area contributed by atoms with Crippen LogP contribution in [0.3, 0.4) is 0 Å². The Hall–Kier alpha value is -0.340. The quantitative estimate of drug-likeness (QED) is 0.894. The molecule has 0 aromatic heterocycles. The number of likely N-dealkylation sites (N-methyl/N-ethyl adjacent to an activating group) is 1. The Labute approximate surface area is 112 Å². The van der Waals surface area contributed by atoms with E-state index in [1.54, 1.807) is 0 Å². The molecule has 3 unspecified atom stereocenters. The summed E-state index contributed by atoms with van der Waals surface area (Å²) in [6, 6.07) is 9.29. The van der Waals surface area contributed by atoms with Crippen LogP contribution in [0.25, 0.3) is 0 Å². The number of halogens is 1. The fraction of sp³-hybridized carbons (Fsp3) is 0.600. The SMILES string of the molecule is CNC(Cc1ccccc1Br)C1C2CCCC21. The monoisotopic (exact) mass is 293 g/mol. The second-order valence-corrected chi connectivity index (χ2v) is 6.38. The van der Waals surface area contributed by atoms with Gasteiger partial charge in [0.2, 0.25) is 0 Å². The first kappa shape index (κ1) is 11.7. The fourth-order valence-electron chi connectivity index (χ4n) is 3.81. The fourth-order valence-corrected chi connectivity index (χ4v) is 4.25. The molecule has 2 heteroatoms. The summed E-state index contributed by atoms with van der Waals surface area (Å²) < 4.78 is 1.26.